The maximum Gasteiger partial charge on any atom is 0.410 e. The topological polar surface area (TPSA) is 58.6 Å². The molecule has 0 aliphatic carbocycles. The molecule has 0 unspecified atom stereocenters. The number of anilines is 1. The van der Waals surface area contributed by atoms with Crippen molar-refractivity contribution in [3.63, 3.8) is 0 Å². The molecule has 38 heavy (non-hydrogen) atoms. The van der Waals surface area contributed by atoms with Crippen LogP contribution in [-0.4, -0.2) is 51.7 Å². The molecule has 2 atom stereocenters. The Morgan fingerprint density at radius 3 is 2.63 bits per heavy atom. The highest BCUT2D eigenvalue weighted by Crippen LogP contribution is 2.44. The van der Waals surface area contributed by atoms with E-state index in [1.165, 1.54) is 12.3 Å². The van der Waals surface area contributed by atoms with Crippen molar-refractivity contribution in [2.75, 3.05) is 18.0 Å². The molecule has 1 amide bonds. The van der Waals surface area contributed by atoms with Gasteiger partial charge in [0.05, 0.1) is 27.8 Å². The number of carbonyl (C=O) groups excluding carboxylic acids is 1. The van der Waals surface area contributed by atoms with Crippen molar-refractivity contribution in [1.82, 2.24) is 14.9 Å². The van der Waals surface area contributed by atoms with Crippen LogP contribution in [0.4, 0.5) is 19.3 Å². The van der Waals surface area contributed by atoms with E-state index < -0.39 is 17.2 Å². The summed E-state index contributed by atoms with van der Waals surface area (Å²) < 4.78 is 35.9. The normalized spacial score (nSPS) is 19.1. The summed E-state index contributed by atoms with van der Waals surface area (Å²) in [6.45, 7) is 6.62. The largest absolute Gasteiger partial charge is 0.444 e. The second kappa shape index (κ2) is 8.92. The van der Waals surface area contributed by atoms with Crippen molar-refractivity contribution in [2.45, 2.75) is 44.9 Å². The Morgan fingerprint density at radius 2 is 1.87 bits per heavy atom. The molecular formula is C28H24Cl2F2N4O2. The fourth-order valence-corrected chi connectivity index (χ4v) is 6.03. The van der Waals surface area contributed by atoms with E-state index in [4.69, 9.17) is 27.9 Å². The van der Waals surface area contributed by atoms with Gasteiger partial charge in [-0.15, -0.1) is 0 Å². The number of likely N-dealkylation sites (tertiary alicyclic amines) is 1. The van der Waals surface area contributed by atoms with Crippen LogP contribution >= 0.6 is 23.2 Å². The van der Waals surface area contributed by atoms with Gasteiger partial charge in [0.1, 0.15) is 22.6 Å². The molecule has 0 N–H and O–H groups in total. The van der Waals surface area contributed by atoms with Crippen LogP contribution in [0.2, 0.25) is 10.0 Å². The first-order valence-corrected chi connectivity index (χ1v) is 13.1. The van der Waals surface area contributed by atoms with Crippen LogP contribution < -0.4 is 4.90 Å². The first kappa shape index (κ1) is 25.1. The highest BCUT2D eigenvalue weighted by atomic mass is 35.5. The van der Waals surface area contributed by atoms with Gasteiger partial charge in [-0.2, -0.15) is 0 Å². The number of aromatic nitrogens is 2. The van der Waals surface area contributed by atoms with E-state index in [1.54, 1.807) is 35.4 Å². The summed E-state index contributed by atoms with van der Waals surface area (Å²) in [5.74, 6) is -1.24. The summed E-state index contributed by atoms with van der Waals surface area (Å²) in [7, 11) is 0. The Hall–Kier alpha value is -3.23. The lowest BCUT2D eigenvalue weighted by Crippen LogP contribution is -2.63. The van der Waals surface area contributed by atoms with E-state index in [1.807, 2.05) is 20.8 Å². The Labute approximate surface area is 228 Å². The van der Waals surface area contributed by atoms with Gasteiger partial charge in [-0.25, -0.2) is 13.6 Å². The van der Waals surface area contributed by atoms with Gasteiger partial charge < -0.3 is 14.5 Å². The Balaban J connectivity index is 1.39. The van der Waals surface area contributed by atoms with Crippen LogP contribution in [0.5, 0.6) is 0 Å². The first-order chi connectivity index (χ1) is 18.0. The molecule has 2 aliphatic rings. The van der Waals surface area contributed by atoms with Crippen molar-refractivity contribution >= 4 is 56.7 Å². The number of halogens is 4. The quantitative estimate of drug-likeness (QED) is 0.260. The fraction of sp³-hybridized carbons (Fsp3) is 0.321. The average molecular weight is 557 g/mol. The number of benzene rings is 2. The highest BCUT2D eigenvalue weighted by molar-refractivity contribution is 6.37. The van der Waals surface area contributed by atoms with E-state index in [2.05, 4.69) is 14.9 Å². The zero-order valence-electron chi connectivity index (χ0n) is 20.9. The highest BCUT2D eigenvalue weighted by Gasteiger charge is 2.50. The van der Waals surface area contributed by atoms with Gasteiger partial charge in [0.25, 0.3) is 0 Å². The monoisotopic (exact) mass is 556 g/mol. The summed E-state index contributed by atoms with van der Waals surface area (Å²) in [4.78, 5) is 25.2. The SMILES string of the molecule is CC(C)(C)OC(=O)N1CC[C@@H]2[C@H]1CN2c1c(Cl)cnc2c(F)c(-c3cccc4ccc(F)c(Cl)c34)ncc12. The Morgan fingerprint density at radius 1 is 1.08 bits per heavy atom. The molecule has 2 aliphatic heterocycles. The number of nitrogens with zero attached hydrogens (tertiary/aromatic N) is 4. The summed E-state index contributed by atoms with van der Waals surface area (Å²) in [6.07, 6.45) is 3.37. The molecule has 6 rings (SSSR count). The van der Waals surface area contributed by atoms with Crippen molar-refractivity contribution in [3.8, 4) is 11.3 Å². The molecule has 0 radical (unpaired) electrons. The third-order valence-corrected chi connectivity index (χ3v) is 7.83. The molecule has 4 aromatic rings. The fourth-order valence-electron chi connectivity index (χ4n) is 5.50. The van der Waals surface area contributed by atoms with Crippen LogP contribution in [0, 0.1) is 11.6 Å². The minimum atomic E-state index is -0.646. The lowest BCUT2D eigenvalue weighted by molar-refractivity contribution is 0.0194. The van der Waals surface area contributed by atoms with Crippen LogP contribution in [-0.2, 0) is 4.74 Å². The van der Waals surface area contributed by atoms with Gasteiger partial charge in [-0.3, -0.25) is 9.97 Å². The van der Waals surface area contributed by atoms with Crippen LogP contribution in [0.3, 0.4) is 0 Å². The minimum Gasteiger partial charge on any atom is -0.444 e. The zero-order valence-corrected chi connectivity index (χ0v) is 22.4. The molecule has 196 valence electrons. The van der Waals surface area contributed by atoms with E-state index in [-0.39, 0.29) is 34.4 Å². The Bertz CT molecular complexity index is 1620. The molecular weight excluding hydrogens is 533 g/mol. The summed E-state index contributed by atoms with van der Waals surface area (Å²) >= 11 is 12.9. The van der Waals surface area contributed by atoms with Gasteiger partial charge in [0.15, 0.2) is 5.82 Å². The molecule has 2 aromatic heterocycles. The summed E-state index contributed by atoms with van der Waals surface area (Å²) in [5.41, 5.74) is 0.546. The number of rotatable bonds is 2. The molecule has 10 heteroatoms. The molecule has 0 bridgehead atoms. The maximum atomic E-state index is 16.0. The molecule has 2 fully saturated rings. The smallest absolute Gasteiger partial charge is 0.410 e. The van der Waals surface area contributed by atoms with Gasteiger partial charge in [0.2, 0.25) is 0 Å². The molecule has 2 aromatic carbocycles. The van der Waals surface area contributed by atoms with Crippen LogP contribution in [0.25, 0.3) is 32.9 Å². The Kier molecular flexibility index (Phi) is 5.88. The van der Waals surface area contributed by atoms with Crippen molar-refractivity contribution < 1.29 is 18.3 Å². The third kappa shape index (κ3) is 3.93. The second-order valence-corrected chi connectivity index (χ2v) is 11.4. The minimum absolute atomic E-state index is 0.0195. The molecule has 6 nitrogen and oxygen atoms in total. The number of carbonyl (C=O) groups is 1. The number of amides is 1. The number of hydrogen-bond acceptors (Lipinski definition) is 5. The van der Waals surface area contributed by atoms with E-state index in [9.17, 15) is 9.18 Å². The predicted octanol–water partition coefficient (Wildman–Crippen LogP) is 7.23. The van der Waals surface area contributed by atoms with E-state index >= 15 is 4.39 Å². The van der Waals surface area contributed by atoms with Crippen LogP contribution in [0.1, 0.15) is 27.2 Å². The molecule has 0 saturated carbocycles. The van der Waals surface area contributed by atoms with Crippen molar-refractivity contribution in [2.24, 2.45) is 0 Å². The lowest BCUT2D eigenvalue weighted by atomic mass is 9.95. The van der Waals surface area contributed by atoms with Gasteiger partial charge in [0, 0.05) is 41.8 Å². The first-order valence-electron chi connectivity index (χ1n) is 12.3. The van der Waals surface area contributed by atoms with E-state index in [0.717, 1.165) is 6.42 Å². The summed E-state index contributed by atoms with van der Waals surface area (Å²) in [6, 6.07) is 8.06. The number of hydrogen-bond donors (Lipinski definition) is 0. The average Bonchev–Trinajstić information content (AvgIpc) is 3.18. The van der Waals surface area contributed by atoms with Crippen LogP contribution in [0.15, 0.2) is 42.7 Å². The zero-order chi connectivity index (χ0) is 26.9. The molecule has 2 saturated heterocycles. The van der Waals surface area contributed by atoms with Gasteiger partial charge in [-0.1, -0.05) is 47.5 Å². The van der Waals surface area contributed by atoms with E-state index in [0.29, 0.717) is 45.5 Å². The standard InChI is InChI=1S/C28H24Cl2F2N4O2/c1-28(2,3)38-27(37)35-10-9-19-20(35)13-36(19)26-16-11-33-24(23(32)25(16)34-12-17(26)29)15-6-4-5-14-7-8-18(31)22(30)21(14)15/h4-8,11-12,19-20H,9-10,13H2,1-3H3/t19-,20-/m1/s1. The van der Waals surface area contributed by atoms with Gasteiger partial charge >= 0.3 is 6.09 Å². The molecule has 0 spiro atoms. The van der Waals surface area contributed by atoms with Crippen molar-refractivity contribution in [1.29, 1.82) is 0 Å². The molecule has 4 heterocycles. The van der Waals surface area contributed by atoms with Crippen molar-refractivity contribution in [3.05, 3.63) is 64.4 Å². The second-order valence-electron chi connectivity index (χ2n) is 10.7. The number of fused-ring (bicyclic) bond motifs is 3. The maximum absolute atomic E-state index is 16.0. The van der Waals surface area contributed by atoms with Gasteiger partial charge in [-0.05, 0) is 38.6 Å². The summed E-state index contributed by atoms with van der Waals surface area (Å²) in [5, 5.41) is 1.79. The third-order valence-electron chi connectivity index (χ3n) is 7.18. The number of ether oxygens (including phenoxy) is 1. The predicted molar refractivity (Wildman–Crippen MR) is 145 cm³/mol. The number of pyridine rings is 2. The lowest BCUT2D eigenvalue weighted by Gasteiger charge is -2.48.